The van der Waals surface area contributed by atoms with E-state index in [9.17, 15) is 9.59 Å². The van der Waals surface area contributed by atoms with Crippen LogP contribution in [0.25, 0.3) is 0 Å². The molecule has 1 aromatic rings. The molecule has 0 bridgehead atoms. The van der Waals surface area contributed by atoms with Gasteiger partial charge in [-0.15, -0.1) is 0 Å². The molecular weight excluding hydrogens is 236 g/mol. The monoisotopic (exact) mass is 250 g/mol. The molecule has 2 rings (SSSR count). The van der Waals surface area contributed by atoms with E-state index < -0.39 is 0 Å². The van der Waals surface area contributed by atoms with Gasteiger partial charge in [-0.2, -0.15) is 0 Å². The summed E-state index contributed by atoms with van der Waals surface area (Å²) < 4.78 is 5.50. The lowest BCUT2D eigenvalue weighted by Gasteiger charge is -2.23. The van der Waals surface area contributed by atoms with Gasteiger partial charge in [0, 0.05) is 6.42 Å². The Hall–Kier alpha value is -1.29. The van der Waals surface area contributed by atoms with Crippen molar-refractivity contribution in [3.05, 3.63) is 29.8 Å². The van der Waals surface area contributed by atoms with E-state index in [4.69, 9.17) is 4.74 Å². The number of hydrogen-bond acceptors (Lipinski definition) is 4. The van der Waals surface area contributed by atoms with Crippen LogP contribution in [-0.4, -0.2) is 23.3 Å². The second kappa shape index (κ2) is 5.36. The first kappa shape index (κ1) is 12.2. The van der Waals surface area contributed by atoms with Crippen LogP contribution in [0.15, 0.2) is 24.3 Å². The summed E-state index contributed by atoms with van der Waals surface area (Å²) in [6.45, 7) is 2.24. The van der Waals surface area contributed by atoms with Crippen LogP contribution in [0, 0.1) is 5.92 Å². The molecule has 3 nitrogen and oxygen atoms in total. The molecular formula is C13H14O3S. The Kier molecular flexibility index (Phi) is 3.84. The zero-order valence-corrected chi connectivity index (χ0v) is 10.5. The molecule has 0 N–H and O–H groups in total. The van der Waals surface area contributed by atoms with Gasteiger partial charge in [0.2, 0.25) is 0 Å². The highest BCUT2D eigenvalue weighted by Crippen LogP contribution is 2.29. The lowest BCUT2D eigenvalue weighted by Crippen LogP contribution is -2.29. The van der Waals surface area contributed by atoms with Gasteiger partial charge in [-0.1, -0.05) is 30.8 Å². The molecule has 0 fully saturated rings. The van der Waals surface area contributed by atoms with E-state index in [-0.39, 0.29) is 23.2 Å². The second-order valence-electron chi connectivity index (χ2n) is 3.88. The number of carbonyl (C=O) groups excluding carboxylic acids is 2. The van der Waals surface area contributed by atoms with Crippen molar-refractivity contribution in [2.75, 3.05) is 12.4 Å². The van der Waals surface area contributed by atoms with Crippen LogP contribution in [0.1, 0.15) is 23.7 Å². The third kappa shape index (κ3) is 2.69. The number of ether oxygens (including phenoxy) is 1. The molecule has 0 aliphatic carbocycles. The van der Waals surface area contributed by atoms with Crippen molar-refractivity contribution in [2.24, 2.45) is 5.92 Å². The Balaban J connectivity index is 2.10. The maximum Gasteiger partial charge on any atom is 0.189 e. The fourth-order valence-electron chi connectivity index (χ4n) is 1.85. The normalized spacial score (nSPS) is 18.4. The highest BCUT2D eigenvalue weighted by molar-refractivity contribution is 8.13. The Bertz CT molecular complexity index is 442. The largest absolute Gasteiger partial charge is 0.492 e. The van der Waals surface area contributed by atoms with Crippen LogP contribution in [0.2, 0.25) is 0 Å². The zero-order valence-electron chi connectivity index (χ0n) is 9.64. The number of thioether (sulfide) groups is 1. The maximum atomic E-state index is 12.1. The van der Waals surface area contributed by atoms with Crippen LogP contribution in [0.3, 0.4) is 0 Å². The minimum absolute atomic E-state index is 0.0249. The number of carbonyl (C=O) groups is 2. The Morgan fingerprint density at radius 1 is 1.47 bits per heavy atom. The quantitative estimate of drug-likeness (QED) is 0.827. The van der Waals surface area contributed by atoms with Gasteiger partial charge in [-0.25, -0.2) is 0 Å². The molecule has 0 amide bonds. The summed E-state index contributed by atoms with van der Waals surface area (Å²) in [4.78, 5) is 23.6. The molecule has 17 heavy (non-hydrogen) atoms. The average Bonchev–Trinajstić information content (AvgIpc) is 2.33. The topological polar surface area (TPSA) is 43.4 Å². The molecule has 0 spiro atoms. The van der Waals surface area contributed by atoms with Gasteiger partial charge in [0.1, 0.15) is 5.75 Å². The number of fused-ring (bicyclic) bond motifs is 1. The Labute approximate surface area is 105 Å². The van der Waals surface area contributed by atoms with Gasteiger partial charge >= 0.3 is 0 Å². The predicted octanol–water partition coefficient (Wildman–Crippen LogP) is 2.55. The van der Waals surface area contributed by atoms with Crippen molar-refractivity contribution in [3.8, 4) is 5.75 Å². The minimum atomic E-state index is -0.323. The highest BCUT2D eigenvalue weighted by atomic mass is 32.2. The highest BCUT2D eigenvalue weighted by Gasteiger charge is 2.30. The summed E-state index contributed by atoms with van der Waals surface area (Å²) in [6, 6.07) is 7.18. The van der Waals surface area contributed by atoms with Gasteiger partial charge in [0.15, 0.2) is 10.9 Å². The molecule has 0 radical (unpaired) electrons. The van der Waals surface area contributed by atoms with E-state index in [1.54, 1.807) is 12.1 Å². The predicted molar refractivity (Wildman–Crippen MR) is 67.5 cm³/mol. The van der Waals surface area contributed by atoms with Crippen molar-refractivity contribution >= 4 is 22.7 Å². The van der Waals surface area contributed by atoms with E-state index >= 15 is 0 Å². The lowest BCUT2D eigenvalue weighted by molar-refractivity contribution is -0.111. The third-order valence-corrected chi connectivity index (χ3v) is 3.46. The summed E-state index contributed by atoms with van der Waals surface area (Å²) in [7, 11) is 0. The molecule has 0 saturated heterocycles. The molecule has 90 valence electrons. The number of benzene rings is 1. The summed E-state index contributed by atoms with van der Waals surface area (Å²) >= 11 is 1.26. The zero-order chi connectivity index (χ0) is 12.3. The van der Waals surface area contributed by atoms with E-state index in [2.05, 4.69) is 0 Å². The molecule has 1 aliphatic rings. The molecule has 1 unspecified atom stereocenters. The summed E-state index contributed by atoms with van der Waals surface area (Å²) in [5, 5.41) is 0.0637. The van der Waals surface area contributed by atoms with Gasteiger partial charge in [0.05, 0.1) is 18.1 Å². The smallest absolute Gasteiger partial charge is 0.189 e. The first-order chi connectivity index (χ1) is 8.22. The fraction of sp³-hybridized carbons (Fsp3) is 0.385. The average molecular weight is 250 g/mol. The standard InChI is InChI=1S/C13H14O3S/c1-2-17-12(14)7-9-8-16-11-6-4-3-5-10(11)13(9)15/h3-6,9H,2,7-8H2,1H3. The minimum Gasteiger partial charge on any atom is -0.492 e. The van der Waals surface area contributed by atoms with Crippen molar-refractivity contribution in [1.82, 2.24) is 0 Å². The van der Waals surface area contributed by atoms with E-state index in [0.717, 1.165) is 5.75 Å². The molecule has 1 atom stereocenters. The van der Waals surface area contributed by atoms with Crippen LogP contribution >= 0.6 is 11.8 Å². The lowest BCUT2D eigenvalue weighted by atomic mass is 9.93. The van der Waals surface area contributed by atoms with Gasteiger partial charge in [-0.3, -0.25) is 9.59 Å². The number of rotatable bonds is 3. The van der Waals surface area contributed by atoms with E-state index in [0.29, 0.717) is 17.9 Å². The number of Topliss-reactive ketones (excluding diaryl/α,β-unsaturated/α-hetero) is 1. The molecule has 0 aromatic heterocycles. The third-order valence-electron chi connectivity index (χ3n) is 2.68. The molecule has 1 aliphatic heterocycles. The molecule has 1 aromatic carbocycles. The Morgan fingerprint density at radius 2 is 2.24 bits per heavy atom. The number of ketones is 1. The number of hydrogen-bond donors (Lipinski definition) is 0. The van der Waals surface area contributed by atoms with Crippen LogP contribution in [0.5, 0.6) is 5.75 Å². The SMILES string of the molecule is CCSC(=O)CC1COc2ccccc2C1=O. The van der Waals surface area contributed by atoms with Crippen molar-refractivity contribution in [1.29, 1.82) is 0 Å². The molecule has 0 saturated carbocycles. The summed E-state index contributed by atoms with van der Waals surface area (Å²) in [5.41, 5.74) is 0.595. The first-order valence-corrected chi connectivity index (χ1v) is 6.62. The molecule has 4 heteroatoms. The van der Waals surface area contributed by atoms with Gasteiger partial charge in [-0.05, 0) is 17.9 Å². The van der Waals surface area contributed by atoms with Crippen molar-refractivity contribution < 1.29 is 14.3 Å². The van der Waals surface area contributed by atoms with E-state index in [1.165, 1.54) is 11.8 Å². The van der Waals surface area contributed by atoms with Crippen LogP contribution in [-0.2, 0) is 4.79 Å². The maximum absolute atomic E-state index is 12.1. The molecule has 1 heterocycles. The fourth-order valence-corrected chi connectivity index (χ4v) is 2.50. The van der Waals surface area contributed by atoms with Crippen molar-refractivity contribution in [2.45, 2.75) is 13.3 Å². The van der Waals surface area contributed by atoms with Crippen LogP contribution in [0.4, 0.5) is 0 Å². The summed E-state index contributed by atoms with van der Waals surface area (Å²) in [5.74, 6) is 1.08. The van der Waals surface area contributed by atoms with Gasteiger partial charge < -0.3 is 4.74 Å². The van der Waals surface area contributed by atoms with E-state index in [1.807, 2.05) is 19.1 Å². The van der Waals surface area contributed by atoms with Gasteiger partial charge in [0.25, 0.3) is 0 Å². The number of para-hydroxylation sites is 1. The van der Waals surface area contributed by atoms with Crippen LogP contribution < -0.4 is 4.74 Å². The summed E-state index contributed by atoms with van der Waals surface area (Å²) in [6.07, 6.45) is 0.270. The Morgan fingerprint density at radius 3 is 3.00 bits per heavy atom. The second-order valence-corrected chi connectivity index (χ2v) is 5.20. The van der Waals surface area contributed by atoms with Crippen molar-refractivity contribution in [3.63, 3.8) is 0 Å². The first-order valence-electron chi connectivity index (χ1n) is 5.64.